The first-order valence-electron chi connectivity index (χ1n) is 5.07. The molecule has 7 heteroatoms. The van der Waals surface area contributed by atoms with Gasteiger partial charge in [-0.05, 0) is 12.1 Å². The highest BCUT2D eigenvalue weighted by Crippen LogP contribution is 2.26. The first-order chi connectivity index (χ1) is 8.65. The molecule has 0 aliphatic heterocycles. The fourth-order valence-electron chi connectivity index (χ4n) is 1.17. The maximum absolute atomic E-state index is 10.8. The molecule has 18 heavy (non-hydrogen) atoms. The third kappa shape index (κ3) is 3.11. The first-order valence-corrected chi connectivity index (χ1v) is 5.89. The van der Waals surface area contributed by atoms with Gasteiger partial charge in [0, 0.05) is 13.1 Å². The standard InChI is InChI=1S/C11H10N4O2S/c1-7(16)14-11-15-10(17)8(18-11)6-13-9-4-2-3-5-12-9/h2-6,17H,1H3,(H,14,15,16)/b13-6+. The van der Waals surface area contributed by atoms with Gasteiger partial charge in [-0.25, -0.2) is 9.98 Å². The molecular formula is C11H10N4O2S. The summed E-state index contributed by atoms with van der Waals surface area (Å²) in [7, 11) is 0. The zero-order chi connectivity index (χ0) is 13.0. The van der Waals surface area contributed by atoms with Crippen LogP contribution in [0, 0.1) is 0 Å². The lowest BCUT2D eigenvalue weighted by Crippen LogP contribution is -2.04. The number of nitrogens with one attached hydrogen (secondary N) is 1. The van der Waals surface area contributed by atoms with Crippen molar-refractivity contribution in [3.63, 3.8) is 0 Å². The Hall–Kier alpha value is -2.28. The number of anilines is 1. The Bertz CT molecular complexity index is 580. The van der Waals surface area contributed by atoms with Crippen LogP contribution in [-0.2, 0) is 4.79 Å². The molecular weight excluding hydrogens is 252 g/mol. The molecule has 2 N–H and O–H groups in total. The molecule has 1 amide bonds. The van der Waals surface area contributed by atoms with Crippen molar-refractivity contribution in [3.8, 4) is 5.88 Å². The van der Waals surface area contributed by atoms with Crippen LogP contribution in [0.1, 0.15) is 11.8 Å². The number of carbonyl (C=O) groups is 1. The Kier molecular flexibility index (Phi) is 3.63. The summed E-state index contributed by atoms with van der Waals surface area (Å²) in [5, 5.41) is 12.4. The van der Waals surface area contributed by atoms with Gasteiger partial charge in [0.15, 0.2) is 10.9 Å². The highest BCUT2D eigenvalue weighted by atomic mass is 32.1. The molecule has 0 saturated heterocycles. The fourth-order valence-corrected chi connectivity index (χ4v) is 1.94. The van der Waals surface area contributed by atoms with E-state index in [-0.39, 0.29) is 11.8 Å². The predicted octanol–water partition coefficient (Wildman–Crippen LogP) is 1.95. The normalized spacial score (nSPS) is 10.7. The molecule has 0 unspecified atom stereocenters. The number of aromatic nitrogens is 2. The topological polar surface area (TPSA) is 87.5 Å². The van der Waals surface area contributed by atoms with E-state index >= 15 is 0 Å². The number of pyridine rings is 1. The zero-order valence-corrected chi connectivity index (χ0v) is 10.3. The Morgan fingerprint density at radius 1 is 1.56 bits per heavy atom. The number of amides is 1. The molecule has 2 heterocycles. The maximum Gasteiger partial charge on any atom is 0.233 e. The lowest BCUT2D eigenvalue weighted by Gasteiger charge is -1.91. The summed E-state index contributed by atoms with van der Waals surface area (Å²) in [6, 6.07) is 5.34. The third-order valence-electron chi connectivity index (χ3n) is 1.88. The van der Waals surface area contributed by atoms with Crippen molar-refractivity contribution in [3.05, 3.63) is 29.3 Å². The van der Waals surface area contributed by atoms with Crippen molar-refractivity contribution in [1.82, 2.24) is 9.97 Å². The molecule has 2 rings (SSSR count). The lowest BCUT2D eigenvalue weighted by molar-refractivity contribution is -0.114. The van der Waals surface area contributed by atoms with Gasteiger partial charge in [-0.3, -0.25) is 4.79 Å². The number of hydrogen-bond donors (Lipinski definition) is 2. The van der Waals surface area contributed by atoms with Gasteiger partial charge in [0.25, 0.3) is 0 Å². The van der Waals surface area contributed by atoms with Gasteiger partial charge in [0.05, 0.1) is 6.21 Å². The quantitative estimate of drug-likeness (QED) is 0.827. The minimum absolute atomic E-state index is 0.163. The smallest absolute Gasteiger partial charge is 0.233 e. The second-order valence-electron chi connectivity index (χ2n) is 3.33. The van der Waals surface area contributed by atoms with Crippen LogP contribution in [0.2, 0.25) is 0 Å². The second-order valence-corrected chi connectivity index (χ2v) is 4.36. The molecule has 0 atom stereocenters. The minimum Gasteiger partial charge on any atom is -0.492 e. The molecule has 92 valence electrons. The highest BCUT2D eigenvalue weighted by molar-refractivity contribution is 7.17. The van der Waals surface area contributed by atoms with Gasteiger partial charge in [0.2, 0.25) is 11.8 Å². The van der Waals surface area contributed by atoms with Crippen LogP contribution in [0.25, 0.3) is 0 Å². The Balaban J connectivity index is 2.17. The van der Waals surface area contributed by atoms with Crippen molar-refractivity contribution in [2.75, 3.05) is 5.32 Å². The van der Waals surface area contributed by atoms with E-state index in [1.165, 1.54) is 13.1 Å². The Morgan fingerprint density at radius 3 is 3.06 bits per heavy atom. The molecule has 0 radical (unpaired) electrons. The molecule has 2 aromatic rings. The van der Waals surface area contributed by atoms with E-state index in [1.54, 1.807) is 18.3 Å². The molecule has 0 bridgehead atoms. The van der Waals surface area contributed by atoms with Gasteiger partial charge in [-0.15, -0.1) is 0 Å². The van der Waals surface area contributed by atoms with Crippen molar-refractivity contribution in [2.45, 2.75) is 6.92 Å². The van der Waals surface area contributed by atoms with Gasteiger partial charge in [-0.2, -0.15) is 4.98 Å². The van der Waals surface area contributed by atoms with Crippen LogP contribution < -0.4 is 5.32 Å². The van der Waals surface area contributed by atoms with E-state index in [1.807, 2.05) is 6.07 Å². The minimum atomic E-state index is -0.239. The van der Waals surface area contributed by atoms with Crippen molar-refractivity contribution in [2.24, 2.45) is 4.99 Å². The zero-order valence-electron chi connectivity index (χ0n) is 9.49. The van der Waals surface area contributed by atoms with Crippen LogP contribution in [0.15, 0.2) is 29.4 Å². The third-order valence-corrected chi connectivity index (χ3v) is 2.78. The number of nitrogens with zero attached hydrogens (tertiary/aromatic N) is 3. The van der Waals surface area contributed by atoms with Gasteiger partial charge < -0.3 is 10.4 Å². The van der Waals surface area contributed by atoms with E-state index in [0.717, 1.165) is 11.3 Å². The summed E-state index contributed by atoms with van der Waals surface area (Å²) in [5.74, 6) is 0.131. The van der Waals surface area contributed by atoms with Crippen LogP contribution in [-0.4, -0.2) is 27.2 Å². The molecule has 0 fully saturated rings. The number of carbonyl (C=O) groups excluding carboxylic acids is 1. The number of aromatic hydroxyl groups is 1. The van der Waals surface area contributed by atoms with E-state index in [0.29, 0.717) is 15.8 Å². The summed E-state index contributed by atoms with van der Waals surface area (Å²) >= 11 is 1.14. The van der Waals surface area contributed by atoms with Gasteiger partial charge >= 0.3 is 0 Å². The van der Waals surface area contributed by atoms with Crippen molar-refractivity contribution < 1.29 is 9.90 Å². The number of hydrogen-bond acceptors (Lipinski definition) is 6. The van der Waals surface area contributed by atoms with Crippen LogP contribution in [0.4, 0.5) is 10.9 Å². The Labute approximate surface area is 107 Å². The largest absolute Gasteiger partial charge is 0.492 e. The number of aliphatic imine (C=N–C) groups is 1. The second kappa shape index (κ2) is 5.37. The molecule has 6 nitrogen and oxygen atoms in total. The molecule has 0 spiro atoms. The summed E-state index contributed by atoms with van der Waals surface area (Å²) in [4.78, 5) is 23.2. The lowest BCUT2D eigenvalue weighted by atomic mass is 10.5. The average Bonchev–Trinajstić information content (AvgIpc) is 2.67. The SMILES string of the molecule is CC(=O)Nc1nc(O)c(/C=N/c2ccccn2)s1. The first kappa shape index (κ1) is 12.2. The van der Waals surface area contributed by atoms with Crippen molar-refractivity contribution in [1.29, 1.82) is 0 Å². The average molecular weight is 262 g/mol. The summed E-state index contributed by atoms with van der Waals surface area (Å²) in [5.41, 5.74) is 0. The van der Waals surface area contributed by atoms with E-state index < -0.39 is 0 Å². The summed E-state index contributed by atoms with van der Waals surface area (Å²) < 4.78 is 0. The molecule has 0 aromatic carbocycles. The van der Waals surface area contributed by atoms with Gasteiger partial charge in [0.1, 0.15) is 4.88 Å². The van der Waals surface area contributed by atoms with E-state index in [2.05, 4.69) is 20.3 Å². The van der Waals surface area contributed by atoms with Crippen LogP contribution >= 0.6 is 11.3 Å². The number of rotatable bonds is 3. The molecule has 0 aliphatic rings. The molecule has 0 saturated carbocycles. The summed E-state index contributed by atoms with van der Waals surface area (Å²) in [6.07, 6.45) is 3.09. The van der Waals surface area contributed by atoms with Crippen molar-refractivity contribution >= 4 is 34.4 Å². The maximum atomic E-state index is 10.8. The van der Waals surface area contributed by atoms with Gasteiger partial charge in [-0.1, -0.05) is 17.4 Å². The Morgan fingerprint density at radius 2 is 2.39 bits per heavy atom. The molecule has 2 aromatic heterocycles. The molecule has 0 aliphatic carbocycles. The van der Waals surface area contributed by atoms with Crippen LogP contribution in [0.3, 0.4) is 0 Å². The van der Waals surface area contributed by atoms with E-state index in [4.69, 9.17) is 0 Å². The summed E-state index contributed by atoms with van der Waals surface area (Å²) in [6.45, 7) is 1.38. The fraction of sp³-hybridized carbons (Fsp3) is 0.0909. The van der Waals surface area contributed by atoms with Crippen LogP contribution in [0.5, 0.6) is 5.88 Å². The number of thiazole rings is 1. The highest BCUT2D eigenvalue weighted by Gasteiger charge is 2.08. The predicted molar refractivity (Wildman–Crippen MR) is 69.6 cm³/mol. The monoisotopic (exact) mass is 262 g/mol. The van der Waals surface area contributed by atoms with E-state index in [9.17, 15) is 9.90 Å².